The van der Waals surface area contributed by atoms with E-state index >= 15 is 0 Å². The highest BCUT2D eigenvalue weighted by Crippen LogP contribution is 2.30. The molecule has 1 heterocycles. The predicted molar refractivity (Wildman–Crippen MR) is 116 cm³/mol. The summed E-state index contributed by atoms with van der Waals surface area (Å²) < 4.78 is 30.4. The van der Waals surface area contributed by atoms with Crippen LogP contribution >= 0.6 is 11.3 Å². The Hall–Kier alpha value is -2.91. The van der Waals surface area contributed by atoms with E-state index in [1.54, 1.807) is 17.5 Å². The minimum absolute atomic E-state index is 0.291. The standard InChI is InChI=1S/C20H21N3O4S2/c1-12-5-7-15(13(2)9-12)20-22-17(11-28-20)19(24)21-14-6-8-16(18(10-14)27-3)23-29(4,25)26/h5-11,23H,1-4H3,(H,21,24). The molecule has 0 radical (unpaired) electrons. The summed E-state index contributed by atoms with van der Waals surface area (Å²) >= 11 is 1.40. The van der Waals surface area contributed by atoms with Gasteiger partial charge in [-0.05, 0) is 31.5 Å². The number of aryl methyl sites for hydroxylation is 2. The van der Waals surface area contributed by atoms with Crippen molar-refractivity contribution >= 4 is 38.6 Å². The molecule has 2 aromatic carbocycles. The number of carbonyl (C=O) groups is 1. The van der Waals surface area contributed by atoms with Crippen LogP contribution in [0.4, 0.5) is 11.4 Å². The monoisotopic (exact) mass is 431 g/mol. The maximum absolute atomic E-state index is 12.6. The molecule has 152 valence electrons. The van der Waals surface area contributed by atoms with E-state index in [9.17, 15) is 13.2 Å². The molecule has 0 saturated heterocycles. The number of nitrogens with zero attached hydrogens (tertiary/aromatic N) is 1. The molecule has 0 bridgehead atoms. The normalized spacial score (nSPS) is 11.2. The molecule has 3 aromatic rings. The minimum atomic E-state index is -3.44. The molecule has 9 heteroatoms. The van der Waals surface area contributed by atoms with E-state index in [2.05, 4.69) is 21.1 Å². The third kappa shape index (κ3) is 5.12. The third-order valence-corrected chi connectivity index (χ3v) is 5.57. The van der Waals surface area contributed by atoms with Crippen LogP contribution in [0.2, 0.25) is 0 Å². The maximum atomic E-state index is 12.6. The number of carbonyl (C=O) groups excluding carboxylic acids is 1. The van der Waals surface area contributed by atoms with E-state index in [1.807, 2.05) is 26.0 Å². The Balaban J connectivity index is 1.79. The lowest BCUT2D eigenvalue weighted by Crippen LogP contribution is -2.13. The predicted octanol–water partition coefficient (Wildman–Crippen LogP) is 4.06. The van der Waals surface area contributed by atoms with Crippen molar-refractivity contribution in [1.29, 1.82) is 0 Å². The summed E-state index contributed by atoms with van der Waals surface area (Å²) in [6.07, 6.45) is 1.05. The molecular weight excluding hydrogens is 410 g/mol. The van der Waals surface area contributed by atoms with Gasteiger partial charge in [0.25, 0.3) is 5.91 Å². The molecule has 1 amide bonds. The SMILES string of the molecule is COc1cc(NC(=O)c2csc(-c3ccc(C)cc3C)n2)ccc1NS(C)(=O)=O. The minimum Gasteiger partial charge on any atom is -0.494 e. The van der Waals surface area contributed by atoms with E-state index in [0.29, 0.717) is 22.8 Å². The topological polar surface area (TPSA) is 97.4 Å². The van der Waals surface area contributed by atoms with Gasteiger partial charge >= 0.3 is 0 Å². The molecule has 1 aromatic heterocycles. The fraction of sp³-hybridized carbons (Fsp3) is 0.200. The molecule has 0 fully saturated rings. The van der Waals surface area contributed by atoms with Crippen molar-refractivity contribution in [3.8, 4) is 16.3 Å². The van der Waals surface area contributed by atoms with Crippen molar-refractivity contribution in [1.82, 2.24) is 4.98 Å². The summed E-state index contributed by atoms with van der Waals surface area (Å²) in [4.78, 5) is 17.1. The number of hydrogen-bond donors (Lipinski definition) is 2. The van der Waals surface area contributed by atoms with Gasteiger partial charge in [-0.25, -0.2) is 13.4 Å². The van der Waals surface area contributed by atoms with Crippen molar-refractivity contribution in [2.75, 3.05) is 23.4 Å². The number of hydrogen-bond acceptors (Lipinski definition) is 6. The number of rotatable bonds is 6. The fourth-order valence-electron chi connectivity index (χ4n) is 2.80. The number of nitrogens with one attached hydrogen (secondary N) is 2. The second-order valence-electron chi connectivity index (χ2n) is 6.60. The first kappa shape index (κ1) is 20.8. The van der Waals surface area contributed by atoms with Crippen LogP contribution < -0.4 is 14.8 Å². The summed E-state index contributed by atoms with van der Waals surface area (Å²) in [5.74, 6) is -0.0642. The Kier molecular flexibility index (Phi) is 5.90. The summed E-state index contributed by atoms with van der Waals surface area (Å²) in [6, 6.07) is 10.8. The molecule has 0 aliphatic carbocycles. The van der Waals surface area contributed by atoms with Crippen molar-refractivity contribution in [3.63, 3.8) is 0 Å². The van der Waals surface area contributed by atoms with Gasteiger partial charge in [-0.15, -0.1) is 11.3 Å². The zero-order valence-corrected chi connectivity index (χ0v) is 18.1. The van der Waals surface area contributed by atoms with E-state index in [1.165, 1.54) is 30.1 Å². The van der Waals surface area contributed by atoms with Gasteiger partial charge in [0.1, 0.15) is 16.5 Å². The number of methoxy groups -OCH3 is 1. The largest absolute Gasteiger partial charge is 0.494 e. The number of aromatic nitrogens is 1. The van der Waals surface area contributed by atoms with Gasteiger partial charge in [0.15, 0.2) is 0 Å². The Labute approximate surface area is 173 Å². The molecular formula is C20H21N3O4S2. The zero-order valence-electron chi connectivity index (χ0n) is 16.4. The van der Waals surface area contributed by atoms with Crippen LogP contribution in [0.5, 0.6) is 5.75 Å². The number of benzene rings is 2. The van der Waals surface area contributed by atoms with Crippen molar-refractivity contribution in [2.45, 2.75) is 13.8 Å². The molecule has 3 rings (SSSR count). The third-order valence-electron chi connectivity index (χ3n) is 4.10. The highest BCUT2D eigenvalue weighted by atomic mass is 32.2. The molecule has 2 N–H and O–H groups in total. The van der Waals surface area contributed by atoms with Crippen LogP contribution in [0.1, 0.15) is 21.6 Å². The van der Waals surface area contributed by atoms with Crippen molar-refractivity contribution in [2.24, 2.45) is 0 Å². The lowest BCUT2D eigenvalue weighted by Gasteiger charge is -2.12. The zero-order chi connectivity index (χ0) is 21.2. The highest BCUT2D eigenvalue weighted by molar-refractivity contribution is 7.92. The number of sulfonamides is 1. The molecule has 0 aliphatic heterocycles. The number of amides is 1. The number of thiazole rings is 1. The first-order chi connectivity index (χ1) is 13.7. The summed E-state index contributed by atoms with van der Waals surface area (Å²) in [5.41, 5.74) is 4.33. The summed E-state index contributed by atoms with van der Waals surface area (Å²) in [5, 5.41) is 5.24. The molecule has 0 saturated carbocycles. The van der Waals surface area contributed by atoms with Gasteiger partial charge in [-0.1, -0.05) is 23.8 Å². The number of anilines is 2. The lowest BCUT2D eigenvalue weighted by atomic mass is 10.1. The summed E-state index contributed by atoms with van der Waals surface area (Å²) in [7, 11) is -2.02. The van der Waals surface area contributed by atoms with Crippen molar-refractivity contribution in [3.05, 3.63) is 58.6 Å². The molecule has 0 spiro atoms. The molecule has 0 unspecified atom stereocenters. The Bertz CT molecular complexity index is 1170. The van der Waals surface area contributed by atoms with Gasteiger partial charge in [0, 0.05) is 22.7 Å². The van der Waals surface area contributed by atoms with Gasteiger partial charge in [-0.3, -0.25) is 9.52 Å². The fourth-order valence-corrected chi connectivity index (χ4v) is 4.26. The molecule has 29 heavy (non-hydrogen) atoms. The Morgan fingerprint density at radius 1 is 1.14 bits per heavy atom. The van der Waals surface area contributed by atoms with Crippen LogP contribution in [0, 0.1) is 13.8 Å². The van der Waals surface area contributed by atoms with Crippen LogP contribution in [0.25, 0.3) is 10.6 Å². The van der Waals surface area contributed by atoms with Gasteiger partial charge in [-0.2, -0.15) is 0 Å². The number of ether oxygens (including phenoxy) is 1. The quantitative estimate of drug-likeness (QED) is 0.613. The van der Waals surface area contributed by atoms with Crippen molar-refractivity contribution < 1.29 is 17.9 Å². The van der Waals surface area contributed by atoms with Crippen LogP contribution in [0.3, 0.4) is 0 Å². The van der Waals surface area contributed by atoms with E-state index in [-0.39, 0.29) is 5.91 Å². The highest BCUT2D eigenvalue weighted by Gasteiger charge is 2.15. The Morgan fingerprint density at radius 2 is 1.90 bits per heavy atom. The smallest absolute Gasteiger partial charge is 0.275 e. The average Bonchev–Trinajstić information content (AvgIpc) is 3.11. The van der Waals surface area contributed by atoms with Gasteiger partial charge < -0.3 is 10.1 Å². The van der Waals surface area contributed by atoms with Crippen LogP contribution in [0.15, 0.2) is 41.8 Å². The van der Waals surface area contributed by atoms with E-state index in [4.69, 9.17) is 4.74 Å². The summed E-state index contributed by atoms with van der Waals surface area (Å²) in [6.45, 7) is 4.05. The van der Waals surface area contributed by atoms with Crippen LogP contribution in [-0.2, 0) is 10.0 Å². The van der Waals surface area contributed by atoms with Crippen LogP contribution in [-0.4, -0.2) is 32.7 Å². The van der Waals surface area contributed by atoms with Gasteiger partial charge in [0.05, 0.1) is 19.1 Å². The lowest BCUT2D eigenvalue weighted by molar-refractivity contribution is 0.102. The van der Waals surface area contributed by atoms with Gasteiger partial charge in [0.2, 0.25) is 10.0 Å². The van der Waals surface area contributed by atoms with E-state index in [0.717, 1.165) is 22.4 Å². The molecule has 0 aliphatic rings. The van der Waals surface area contributed by atoms with E-state index < -0.39 is 10.0 Å². The Morgan fingerprint density at radius 3 is 2.55 bits per heavy atom. The maximum Gasteiger partial charge on any atom is 0.275 e. The first-order valence-corrected chi connectivity index (χ1v) is 11.4. The first-order valence-electron chi connectivity index (χ1n) is 8.66. The molecule has 0 atom stereocenters. The average molecular weight is 432 g/mol. The molecule has 7 nitrogen and oxygen atoms in total. The second-order valence-corrected chi connectivity index (χ2v) is 9.21. The second kappa shape index (κ2) is 8.22.